The lowest BCUT2D eigenvalue weighted by Gasteiger charge is -2.33. The molecule has 1 aromatic rings. The van der Waals surface area contributed by atoms with Crippen molar-refractivity contribution in [1.29, 1.82) is 0 Å². The third-order valence-corrected chi connectivity index (χ3v) is 3.42. The number of hydrogen-bond donors (Lipinski definition) is 1. The van der Waals surface area contributed by atoms with Crippen molar-refractivity contribution < 1.29 is 9.53 Å². The molecule has 19 heavy (non-hydrogen) atoms. The molecule has 5 nitrogen and oxygen atoms in total. The van der Waals surface area contributed by atoms with Gasteiger partial charge in [0.15, 0.2) is 0 Å². The van der Waals surface area contributed by atoms with Gasteiger partial charge in [0, 0.05) is 18.8 Å². The fraction of sp³-hybridized carbons (Fsp3) is 0.571. The van der Waals surface area contributed by atoms with Gasteiger partial charge in [-0.2, -0.15) is 0 Å². The predicted octanol–water partition coefficient (Wildman–Crippen LogP) is 0.936. The second kappa shape index (κ2) is 5.67. The van der Waals surface area contributed by atoms with Crippen LogP contribution in [0.2, 0.25) is 0 Å². The Bertz CT molecular complexity index is 428. The van der Waals surface area contributed by atoms with Gasteiger partial charge in [-0.25, -0.2) is 0 Å². The fourth-order valence-corrected chi connectivity index (χ4v) is 2.19. The zero-order valence-electron chi connectivity index (χ0n) is 11.5. The van der Waals surface area contributed by atoms with E-state index in [1.165, 1.54) is 0 Å². The summed E-state index contributed by atoms with van der Waals surface area (Å²) in [5.74, 6) is -0.0503. The van der Waals surface area contributed by atoms with E-state index in [0.29, 0.717) is 26.2 Å². The van der Waals surface area contributed by atoms with E-state index in [9.17, 15) is 4.79 Å². The number of pyridine rings is 1. The van der Waals surface area contributed by atoms with Crippen LogP contribution >= 0.6 is 0 Å². The third-order valence-electron chi connectivity index (χ3n) is 3.42. The number of ether oxygens (including phenoxy) is 1. The summed E-state index contributed by atoms with van der Waals surface area (Å²) in [5.41, 5.74) is 6.15. The standard InChI is InChI=1S/C14H21N3O2/c1-11(2)17(9-12-5-3-4-7-16-12)13(18)14(15)6-8-19-10-14/h3-5,7,11H,6,8-10,15H2,1-2H3. The topological polar surface area (TPSA) is 68.5 Å². The van der Waals surface area contributed by atoms with Gasteiger partial charge in [-0.3, -0.25) is 9.78 Å². The van der Waals surface area contributed by atoms with Gasteiger partial charge < -0.3 is 15.4 Å². The molecular formula is C14H21N3O2. The first-order chi connectivity index (χ1) is 9.03. The summed E-state index contributed by atoms with van der Waals surface area (Å²) >= 11 is 0. The van der Waals surface area contributed by atoms with Crippen LogP contribution in [0, 0.1) is 0 Å². The molecule has 0 saturated carbocycles. The normalized spacial score (nSPS) is 22.7. The van der Waals surface area contributed by atoms with Crippen LogP contribution in [-0.2, 0) is 16.1 Å². The predicted molar refractivity (Wildman–Crippen MR) is 72.3 cm³/mol. The summed E-state index contributed by atoms with van der Waals surface area (Å²) in [4.78, 5) is 18.6. The summed E-state index contributed by atoms with van der Waals surface area (Å²) in [5, 5.41) is 0. The summed E-state index contributed by atoms with van der Waals surface area (Å²) in [6, 6.07) is 5.77. The first-order valence-corrected chi connectivity index (χ1v) is 6.60. The number of carbonyl (C=O) groups is 1. The van der Waals surface area contributed by atoms with Crippen LogP contribution in [0.25, 0.3) is 0 Å². The lowest BCUT2D eigenvalue weighted by molar-refractivity contribution is -0.139. The molecule has 0 spiro atoms. The quantitative estimate of drug-likeness (QED) is 0.877. The van der Waals surface area contributed by atoms with E-state index in [0.717, 1.165) is 5.69 Å². The SMILES string of the molecule is CC(C)N(Cc1ccccn1)C(=O)C1(N)CCOC1. The Hall–Kier alpha value is -1.46. The zero-order valence-corrected chi connectivity index (χ0v) is 11.5. The molecule has 1 amide bonds. The summed E-state index contributed by atoms with van der Waals surface area (Å²) in [6.07, 6.45) is 2.31. The number of amides is 1. The third kappa shape index (κ3) is 3.11. The summed E-state index contributed by atoms with van der Waals surface area (Å²) in [7, 11) is 0. The summed E-state index contributed by atoms with van der Waals surface area (Å²) < 4.78 is 5.27. The largest absolute Gasteiger partial charge is 0.379 e. The second-order valence-electron chi connectivity index (χ2n) is 5.31. The number of aromatic nitrogens is 1. The second-order valence-corrected chi connectivity index (χ2v) is 5.31. The van der Waals surface area contributed by atoms with Crippen LogP contribution in [-0.4, -0.2) is 40.6 Å². The molecule has 1 fully saturated rings. The van der Waals surface area contributed by atoms with Crippen molar-refractivity contribution in [3.63, 3.8) is 0 Å². The van der Waals surface area contributed by atoms with Crippen LogP contribution < -0.4 is 5.73 Å². The summed E-state index contributed by atoms with van der Waals surface area (Å²) in [6.45, 7) is 5.31. The highest BCUT2D eigenvalue weighted by Crippen LogP contribution is 2.21. The maximum absolute atomic E-state index is 12.6. The molecule has 5 heteroatoms. The van der Waals surface area contributed by atoms with Crippen LogP contribution in [0.15, 0.2) is 24.4 Å². The van der Waals surface area contributed by atoms with Crippen LogP contribution in [0.3, 0.4) is 0 Å². The van der Waals surface area contributed by atoms with E-state index in [-0.39, 0.29) is 11.9 Å². The molecule has 2 heterocycles. The lowest BCUT2D eigenvalue weighted by atomic mass is 9.97. The highest BCUT2D eigenvalue weighted by Gasteiger charge is 2.41. The van der Waals surface area contributed by atoms with Gasteiger partial charge in [-0.1, -0.05) is 6.07 Å². The first kappa shape index (κ1) is 14.0. The average molecular weight is 263 g/mol. The van der Waals surface area contributed by atoms with Crippen molar-refractivity contribution in [2.24, 2.45) is 5.73 Å². The minimum absolute atomic E-state index is 0.0503. The van der Waals surface area contributed by atoms with Gasteiger partial charge >= 0.3 is 0 Å². The number of nitrogens with zero attached hydrogens (tertiary/aromatic N) is 2. The van der Waals surface area contributed by atoms with Crippen LogP contribution in [0.4, 0.5) is 0 Å². The minimum atomic E-state index is -0.876. The Balaban J connectivity index is 2.14. The average Bonchev–Trinajstić information content (AvgIpc) is 2.84. The number of hydrogen-bond acceptors (Lipinski definition) is 4. The number of rotatable bonds is 4. The van der Waals surface area contributed by atoms with Crippen molar-refractivity contribution in [2.45, 2.75) is 38.4 Å². The fourth-order valence-electron chi connectivity index (χ4n) is 2.19. The smallest absolute Gasteiger partial charge is 0.245 e. The molecule has 0 aliphatic carbocycles. The van der Waals surface area contributed by atoms with Gasteiger partial charge in [0.25, 0.3) is 0 Å². The van der Waals surface area contributed by atoms with E-state index < -0.39 is 5.54 Å². The maximum atomic E-state index is 12.6. The molecule has 1 unspecified atom stereocenters. The van der Waals surface area contributed by atoms with E-state index in [4.69, 9.17) is 10.5 Å². The molecule has 0 bridgehead atoms. The lowest BCUT2D eigenvalue weighted by Crippen LogP contribution is -2.57. The molecular weight excluding hydrogens is 242 g/mol. The van der Waals surface area contributed by atoms with Gasteiger partial charge in [0.05, 0.1) is 18.8 Å². The number of carbonyl (C=O) groups excluding carboxylic acids is 1. The van der Waals surface area contributed by atoms with Crippen LogP contribution in [0.1, 0.15) is 26.0 Å². The van der Waals surface area contributed by atoms with Gasteiger partial charge in [-0.15, -0.1) is 0 Å². The molecule has 1 saturated heterocycles. The van der Waals surface area contributed by atoms with Crippen LogP contribution in [0.5, 0.6) is 0 Å². The monoisotopic (exact) mass is 263 g/mol. The highest BCUT2D eigenvalue weighted by atomic mass is 16.5. The molecule has 1 aromatic heterocycles. The Labute approximate surface area is 113 Å². The zero-order chi connectivity index (χ0) is 13.9. The molecule has 2 rings (SSSR count). The highest BCUT2D eigenvalue weighted by molar-refractivity contribution is 5.86. The van der Waals surface area contributed by atoms with Crippen molar-refractivity contribution in [2.75, 3.05) is 13.2 Å². The molecule has 104 valence electrons. The Morgan fingerprint density at radius 3 is 2.89 bits per heavy atom. The van der Waals surface area contributed by atoms with Gasteiger partial charge in [0.2, 0.25) is 5.91 Å². The molecule has 1 atom stereocenters. The molecule has 0 radical (unpaired) electrons. The van der Waals surface area contributed by atoms with E-state index >= 15 is 0 Å². The molecule has 1 aliphatic heterocycles. The van der Waals surface area contributed by atoms with Crippen molar-refractivity contribution in [3.05, 3.63) is 30.1 Å². The van der Waals surface area contributed by atoms with E-state index in [2.05, 4.69) is 4.98 Å². The van der Waals surface area contributed by atoms with Crippen molar-refractivity contribution in [3.8, 4) is 0 Å². The Morgan fingerprint density at radius 1 is 1.58 bits per heavy atom. The van der Waals surface area contributed by atoms with Crippen molar-refractivity contribution >= 4 is 5.91 Å². The van der Waals surface area contributed by atoms with Gasteiger partial charge in [-0.05, 0) is 32.4 Å². The Kier molecular flexibility index (Phi) is 4.17. The van der Waals surface area contributed by atoms with Gasteiger partial charge in [0.1, 0.15) is 5.54 Å². The van der Waals surface area contributed by atoms with E-state index in [1.54, 1.807) is 11.1 Å². The van der Waals surface area contributed by atoms with E-state index in [1.807, 2.05) is 32.0 Å². The molecule has 1 aliphatic rings. The number of nitrogens with two attached hydrogens (primary N) is 1. The first-order valence-electron chi connectivity index (χ1n) is 6.60. The molecule has 0 aromatic carbocycles. The van der Waals surface area contributed by atoms with Crippen molar-refractivity contribution in [1.82, 2.24) is 9.88 Å². The maximum Gasteiger partial charge on any atom is 0.245 e. The molecule has 2 N–H and O–H groups in total. The minimum Gasteiger partial charge on any atom is -0.379 e. The Morgan fingerprint density at radius 2 is 2.37 bits per heavy atom.